The topological polar surface area (TPSA) is 48.5 Å². The molecule has 11 heavy (non-hydrogen) atoms. The second-order valence-corrected chi connectivity index (χ2v) is 2.97. The van der Waals surface area contributed by atoms with E-state index in [-0.39, 0.29) is 5.48 Å². The monoisotopic (exact) mass is 163 g/mol. The Morgan fingerprint density at radius 3 is 1.55 bits per heavy atom. The molecule has 0 aliphatic heterocycles. The molecule has 0 bridgehead atoms. The minimum atomic E-state index is 0. The highest BCUT2D eigenvalue weighted by Gasteiger charge is 2.06. The maximum Gasteiger partial charge on any atom is 0.334 e. The lowest BCUT2D eigenvalue weighted by Crippen LogP contribution is -2.28. The van der Waals surface area contributed by atoms with E-state index < -0.39 is 0 Å². The lowest BCUT2D eigenvalue weighted by molar-refractivity contribution is -0.818. The summed E-state index contributed by atoms with van der Waals surface area (Å²) in [5, 5.41) is 0. The fraction of sp³-hybridized carbons (Fsp3) is 0.714. The quantitative estimate of drug-likeness (QED) is 0.452. The van der Waals surface area contributed by atoms with Gasteiger partial charge in [0, 0.05) is 0 Å². The van der Waals surface area contributed by atoms with Crippen LogP contribution in [0, 0.1) is 0 Å². The molecule has 0 aromatic heterocycles. The Balaban J connectivity index is 0. The van der Waals surface area contributed by atoms with Crippen LogP contribution < -0.4 is 0 Å². The number of ether oxygens (including phenoxy) is 2. The zero-order chi connectivity index (χ0) is 8.20. The van der Waals surface area contributed by atoms with Crippen molar-refractivity contribution >= 4 is 0 Å². The first-order valence-corrected chi connectivity index (χ1v) is 3.11. The zero-order valence-corrected chi connectivity index (χ0v) is 7.79. The Morgan fingerprint density at radius 1 is 1.09 bits per heavy atom. The first-order valence-electron chi connectivity index (χ1n) is 3.11. The molecule has 4 nitrogen and oxygen atoms in total. The molecular weight excluding hydrogens is 146 g/mol. The van der Waals surface area contributed by atoms with Crippen LogP contribution in [0.3, 0.4) is 0 Å². The number of nitrogens with zero attached hydrogens (tertiary/aromatic N) is 1. The largest absolute Gasteiger partial charge is 0.870 e. The van der Waals surface area contributed by atoms with Gasteiger partial charge in [0.25, 0.3) is 0 Å². The maximum atomic E-state index is 4.90. The SMILES string of the molecule is COC(=C[N+](C)(C)C)OC.[OH-]. The third kappa shape index (κ3) is 7.15. The molecule has 0 fully saturated rings. The summed E-state index contributed by atoms with van der Waals surface area (Å²) in [6.07, 6.45) is 1.88. The molecule has 0 atom stereocenters. The van der Waals surface area contributed by atoms with Crippen LogP contribution in [0.2, 0.25) is 0 Å². The fourth-order valence-corrected chi connectivity index (χ4v) is 0.505. The van der Waals surface area contributed by atoms with E-state index in [0.29, 0.717) is 10.4 Å². The lowest BCUT2D eigenvalue weighted by Gasteiger charge is -2.18. The van der Waals surface area contributed by atoms with Gasteiger partial charge in [-0.05, 0) is 0 Å². The van der Waals surface area contributed by atoms with E-state index in [4.69, 9.17) is 9.47 Å². The molecule has 0 saturated heterocycles. The average molecular weight is 163 g/mol. The number of hydrogen-bond acceptors (Lipinski definition) is 3. The van der Waals surface area contributed by atoms with Crippen LogP contribution in [-0.4, -0.2) is 45.3 Å². The van der Waals surface area contributed by atoms with Gasteiger partial charge in [0.05, 0.1) is 35.4 Å². The fourth-order valence-electron chi connectivity index (χ4n) is 0.505. The first-order chi connectivity index (χ1) is 4.49. The summed E-state index contributed by atoms with van der Waals surface area (Å²) in [6, 6.07) is 0. The Kier molecular flexibility index (Phi) is 5.84. The normalized spacial score (nSPS) is 9.55. The van der Waals surface area contributed by atoms with E-state index in [2.05, 4.69) is 0 Å². The molecule has 0 radical (unpaired) electrons. The van der Waals surface area contributed by atoms with Crippen molar-refractivity contribution in [1.82, 2.24) is 0 Å². The van der Waals surface area contributed by atoms with Gasteiger partial charge >= 0.3 is 5.95 Å². The van der Waals surface area contributed by atoms with Crippen molar-refractivity contribution in [3.05, 3.63) is 12.1 Å². The minimum absolute atomic E-state index is 0. The van der Waals surface area contributed by atoms with Crippen LogP contribution in [0.1, 0.15) is 0 Å². The number of hydrogen-bond donors (Lipinski definition) is 0. The minimum Gasteiger partial charge on any atom is -0.870 e. The smallest absolute Gasteiger partial charge is 0.334 e. The predicted molar refractivity (Wildman–Crippen MR) is 42.1 cm³/mol. The third-order valence-corrected chi connectivity index (χ3v) is 0.895. The van der Waals surface area contributed by atoms with Crippen LogP contribution >= 0.6 is 0 Å². The van der Waals surface area contributed by atoms with Crippen LogP contribution in [0.4, 0.5) is 0 Å². The molecule has 0 heterocycles. The van der Waals surface area contributed by atoms with E-state index in [1.807, 2.05) is 27.3 Å². The first kappa shape index (κ1) is 12.9. The van der Waals surface area contributed by atoms with E-state index in [9.17, 15) is 0 Å². The highest BCUT2D eigenvalue weighted by atomic mass is 16.7. The summed E-state index contributed by atoms with van der Waals surface area (Å²) < 4.78 is 10.5. The Hall–Kier alpha value is -0.740. The third-order valence-electron chi connectivity index (χ3n) is 0.895. The van der Waals surface area contributed by atoms with E-state index >= 15 is 0 Å². The van der Waals surface area contributed by atoms with E-state index in [0.717, 1.165) is 0 Å². The molecular formula is C7H17NO3. The molecule has 0 saturated carbocycles. The van der Waals surface area contributed by atoms with Crippen molar-refractivity contribution in [3.8, 4) is 0 Å². The van der Waals surface area contributed by atoms with Crippen molar-refractivity contribution < 1.29 is 19.4 Å². The Morgan fingerprint density at radius 2 is 1.45 bits per heavy atom. The van der Waals surface area contributed by atoms with Gasteiger partial charge in [-0.3, -0.25) is 4.48 Å². The Bertz CT molecular complexity index is 120. The van der Waals surface area contributed by atoms with Gasteiger partial charge in [-0.25, -0.2) is 0 Å². The van der Waals surface area contributed by atoms with Crippen molar-refractivity contribution in [2.24, 2.45) is 0 Å². The van der Waals surface area contributed by atoms with Gasteiger partial charge in [0.15, 0.2) is 6.20 Å². The summed E-state index contributed by atoms with van der Waals surface area (Å²) in [7, 11) is 9.25. The Labute approximate surface area is 67.9 Å². The number of rotatable bonds is 3. The summed E-state index contributed by atoms with van der Waals surface area (Å²) in [5.41, 5.74) is 0. The maximum absolute atomic E-state index is 4.90. The molecule has 0 aliphatic rings. The molecule has 0 amide bonds. The number of methoxy groups -OCH3 is 2. The van der Waals surface area contributed by atoms with Gasteiger partial charge in [-0.2, -0.15) is 0 Å². The van der Waals surface area contributed by atoms with Gasteiger partial charge in [-0.15, -0.1) is 0 Å². The van der Waals surface area contributed by atoms with Crippen molar-refractivity contribution in [1.29, 1.82) is 0 Å². The van der Waals surface area contributed by atoms with Crippen molar-refractivity contribution in [2.75, 3.05) is 35.4 Å². The lowest BCUT2D eigenvalue weighted by atomic mass is 10.6. The molecule has 0 aromatic carbocycles. The molecule has 0 spiro atoms. The molecule has 1 N–H and O–H groups in total. The van der Waals surface area contributed by atoms with Gasteiger partial charge < -0.3 is 14.9 Å². The van der Waals surface area contributed by atoms with Crippen LogP contribution in [0.15, 0.2) is 12.1 Å². The van der Waals surface area contributed by atoms with Crippen molar-refractivity contribution in [3.63, 3.8) is 0 Å². The standard InChI is InChI=1S/C7H16NO2.H2O/c1-8(2,3)6-7(9-4)10-5;/h6H,1-5H3;1H2/q+1;/p-1. The highest BCUT2D eigenvalue weighted by molar-refractivity contribution is 4.73. The predicted octanol–water partition coefficient (Wildman–Crippen LogP) is 0.608. The average Bonchev–Trinajstić information content (AvgIpc) is 1.81. The van der Waals surface area contributed by atoms with Gasteiger partial charge in [0.2, 0.25) is 0 Å². The second kappa shape index (κ2) is 4.98. The van der Waals surface area contributed by atoms with Crippen LogP contribution in [0.5, 0.6) is 0 Å². The summed E-state index contributed by atoms with van der Waals surface area (Å²) in [5.74, 6) is 0.549. The van der Waals surface area contributed by atoms with Gasteiger partial charge in [0.1, 0.15) is 0 Å². The zero-order valence-electron chi connectivity index (χ0n) is 7.79. The van der Waals surface area contributed by atoms with Crippen LogP contribution in [-0.2, 0) is 9.47 Å². The van der Waals surface area contributed by atoms with Gasteiger partial charge in [-0.1, -0.05) is 0 Å². The van der Waals surface area contributed by atoms with E-state index in [1.54, 1.807) is 14.2 Å². The highest BCUT2D eigenvalue weighted by Crippen LogP contribution is 2.01. The number of quaternary nitrogens is 1. The van der Waals surface area contributed by atoms with Crippen LogP contribution in [0.25, 0.3) is 0 Å². The molecule has 0 aliphatic carbocycles. The summed E-state index contributed by atoms with van der Waals surface area (Å²) in [6.45, 7) is 0. The molecule has 68 valence electrons. The molecule has 0 aromatic rings. The molecule has 0 rings (SSSR count). The molecule has 4 heteroatoms. The second-order valence-electron chi connectivity index (χ2n) is 2.97. The van der Waals surface area contributed by atoms with Crippen molar-refractivity contribution in [2.45, 2.75) is 0 Å². The summed E-state index contributed by atoms with van der Waals surface area (Å²) in [4.78, 5) is 0. The molecule has 0 unspecified atom stereocenters. The summed E-state index contributed by atoms with van der Waals surface area (Å²) >= 11 is 0. The van der Waals surface area contributed by atoms with E-state index in [1.165, 1.54) is 0 Å².